The van der Waals surface area contributed by atoms with Crippen LogP contribution in [0.25, 0.3) is 0 Å². The number of thioether (sulfide) groups is 1. The van der Waals surface area contributed by atoms with E-state index in [-0.39, 0.29) is 5.91 Å². The molecule has 3 rings (SSSR count). The maximum Gasteiger partial charge on any atom is 0.258 e. The minimum atomic E-state index is -0.291. The lowest BCUT2D eigenvalue weighted by Gasteiger charge is -2.13. The van der Waals surface area contributed by atoms with Crippen LogP contribution < -0.4 is 14.8 Å². The van der Waals surface area contributed by atoms with Gasteiger partial charge in [0.1, 0.15) is 0 Å². The maximum absolute atomic E-state index is 12.9. The molecular weight excluding hydrogens is 460 g/mol. The lowest BCUT2D eigenvalue weighted by Crippen LogP contribution is -2.16. The van der Waals surface area contributed by atoms with Crippen LogP contribution in [-0.2, 0) is 12.3 Å². The quantitative estimate of drug-likeness (QED) is 0.246. The summed E-state index contributed by atoms with van der Waals surface area (Å²) < 4.78 is 13.4. The molecule has 2 aromatic carbocycles. The van der Waals surface area contributed by atoms with E-state index in [4.69, 9.17) is 21.1 Å². The predicted molar refractivity (Wildman–Crippen MR) is 133 cm³/mol. The maximum atomic E-state index is 12.9. The third-order valence-electron chi connectivity index (χ3n) is 4.83. The van der Waals surface area contributed by atoms with Gasteiger partial charge >= 0.3 is 0 Å². The number of aromatic nitrogens is 3. The third kappa shape index (κ3) is 6.65. The number of carbonyl (C=O) groups is 1. The van der Waals surface area contributed by atoms with Gasteiger partial charge in [0.2, 0.25) is 5.95 Å². The van der Waals surface area contributed by atoms with Crippen LogP contribution in [0.5, 0.6) is 11.5 Å². The Morgan fingerprint density at radius 3 is 2.64 bits per heavy atom. The highest BCUT2D eigenvalue weighted by atomic mass is 35.5. The van der Waals surface area contributed by atoms with Gasteiger partial charge in [-0.05, 0) is 50.1 Å². The Hall–Kier alpha value is -2.71. The molecule has 1 heterocycles. The Bertz CT molecular complexity index is 1070. The van der Waals surface area contributed by atoms with Gasteiger partial charge in [-0.25, -0.2) is 0 Å². The number of halogens is 1. The number of hydrogen-bond donors (Lipinski definition) is 1. The van der Waals surface area contributed by atoms with Gasteiger partial charge in [-0.2, -0.15) is 0 Å². The van der Waals surface area contributed by atoms with Crippen LogP contribution in [-0.4, -0.2) is 33.9 Å². The molecule has 0 aliphatic carbocycles. The second-order valence-corrected chi connectivity index (χ2v) is 8.53. The number of nitrogens with one attached hydrogen (secondary N) is 1. The number of amides is 1. The summed E-state index contributed by atoms with van der Waals surface area (Å²) >= 11 is 7.78. The average molecular weight is 489 g/mol. The lowest BCUT2D eigenvalue weighted by molar-refractivity contribution is 0.102. The Morgan fingerprint density at radius 1 is 1.09 bits per heavy atom. The second-order valence-electron chi connectivity index (χ2n) is 7.18. The van der Waals surface area contributed by atoms with Crippen molar-refractivity contribution in [3.05, 3.63) is 58.6 Å². The number of anilines is 1. The first-order chi connectivity index (χ1) is 16.1. The molecule has 0 aliphatic heterocycles. The van der Waals surface area contributed by atoms with E-state index in [1.54, 1.807) is 18.2 Å². The molecule has 1 aromatic heterocycles. The first-order valence-corrected chi connectivity index (χ1v) is 12.4. The minimum Gasteiger partial charge on any atom is -0.490 e. The number of nitrogens with zero attached hydrogens (tertiary/aromatic N) is 3. The SMILES string of the molecule is CCCCOc1ccc(C(=O)Nc2nnc(SCc3ccccc3Cl)n2CC)cc1OCC. The average Bonchev–Trinajstić information content (AvgIpc) is 3.21. The fourth-order valence-electron chi connectivity index (χ4n) is 3.07. The van der Waals surface area contributed by atoms with Crippen molar-refractivity contribution in [2.24, 2.45) is 0 Å². The molecule has 3 aromatic rings. The van der Waals surface area contributed by atoms with Crippen LogP contribution in [0.4, 0.5) is 5.95 Å². The first-order valence-electron chi connectivity index (χ1n) is 11.1. The summed E-state index contributed by atoms with van der Waals surface area (Å²) in [6.45, 7) is 7.68. The second kappa shape index (κ2) is 12.5. The molecule has 0 fully saturated rings. The monoisotopic (exact) mass is 488 g/mol. The van der Waals surface area contributed by atoms with Crippen LogP contribution >= 0.6 is 23.4 Å². The largest absolute Gasteiger partial charge is 0.490 e. The van der Waals surface area contributed by atoms with Gasteiger partial charge < -0.3 is 9.47 Å². The van der Waals surface area contributed by atoms with Gasteiger partial charge in [0.15, 0.2) is 16.7 Å². The fraction of sp³-hybridized carbons (Fsp3) is 0.375. The summed E-state index contributed by atoms with van der Waals surface area (Å²) in [6.07, 6.45) is 2.00. The zero-order valence-electron chi connectivity index (χ0n) is 19.1. The highest BCUT2D eigenvalue weighted by Crippen LogP contribution is 2.30. The zero-order valence-corrected chi connectivity index (χ0v) is 20.7. The molecule has 1 N–H and O–H groups in total. The van der Waals surface area contributed by atoms with Crippen molar-refractivity contribution >= 4 is 35.2 Å². The highest BCUT2D eigenvalue weighted by Gasteiger charge is 2.17. The third-order valence-corrected chi connectivity index (χ3v) is 6.22. The molecule has 176 valence electrons. The van der Waals surface area contributed by atoms with Gasteiger partial charge in [-0.15, -0.1) is 10.2 Å². The van der Waals surface area contributed by atoms with Crippen LogP contribution in [0, 0.1) is 0 Å². The van der Waals surface area contributed by atoms with Gasteiger partial charge in [0.05, 0.1) is 13.2 Å². The van der Waals surface area contributed by atoms with Crippen molar-refractivity contribution < 1.29 is 14.3 Å². The molecule has 0 bridgehead atoms. The Morgan fingerprint density at radius 2 is 1.91 bits per heavy atom. The summed E-state index contributed by atoms with van der Waals surface area (Å²) in [5.41, 5.74) is 1.47. The van der Waals surface area contributed by atoms with Crippen molar-refractivity contribution in [2.45, 2.75) is 51.1 Å². The normalized spacial score (nSPS) is 10.8. The van der Waals surface area contributed by atoms with Crippen molar-refractivity contribution in [1.82, 2.24) is 14.8 Å². The Balaban J connectivity index is 1.71. The van der Waals surface area contributed by atoms with Crippen molar-refractivity contribution in [3.63, 3.8) is 0 Å². The highest BCUT2D eigenvalue weighted by molar-refractivity contribution is 7.98. The Kier molecular flexibility index (Phi) is 9.45. The molecule has 0 unspecified atom stereocenters. The minimum absolute atomic E-state index is 0.291. The van der Waals surface area contributed by atoms with Crippen LogP contribution in [0.1, 0.15) is 49.5 Å². The van der Waals surface area contributed by atoms with Crippen LogP contribution in [0.2, 0.25) is 5.02 Å². The molecule has 0 spiro atoms. The molecule has 1 amide bonds. The molecule has 0 atom stereocenters. The molecule has 9 heteroatoms. The van der Waals surface area contributed by atoms with Gasteiger partial charge in [0, 0.05) is 22.9 Å². The number of unbranched alkanes of at least 4 members (excludes halogenated alkanes) is 1. The Labute approximate surface area is 203 Å². The van der Waals surface area contributed by atoms with Crippen LogP contribution in [0.3, 0.4) is 0 Å². The number of rotatable bonds is 12. The van der Waals surface area contributed by atoms with E-state index in [1.807, 2.05) is 42.7 Å². The number of carbonyl (C=O) groups excluding carboxylic acids is 1. The molecule has 7 nitrogen and oxygen atoms in total. The van der Waals surface area contributed by atoms with Crippen molar-refractivity contribution in [2.75, 3.05) is 18.5 Å². The topological polar surface area (TPSA) is 78.3 Å². The van der Waals surface area contributed by atoms with Crippen LogP contribution in [0.15, 0.2) is 47.6 Å². The molecule has 0 saturated carbocycles. The molecule has 33 heavy (non-hydrogen) atoms. The van der Waals surface area contributed by atoms with Gasteiger partial charge in [-0.1, -0.05) is 54.9 Å². The standard InChI is InChI=1S/C24H29ClN4O3S/c1-4-7-14-32-20-13-12-17(15-21(20)31-6-3)22(30)26-23-27-28-24(29(23)5-2)33-16-18-10-8-9-11-19(18)25/h8-13,15H,4-7,14,16H2,1-3H3,(H,26,27,30). The predicted octanol–water partition coefficient (Wildman–Crippen LogP) is 6.07. The summed E-state index contributed by atoms with van der Waals surface area (Å²) in [5.74, 6) is 1.94. The van der Waals surface area contributed by atoms with E-state index in [0.717, 1.165) is 18.4 Å². The van der Waals surface area contributed by atoms with E-state index >= 15 is 0 Å². The summed E-state index contributed by atoms with van der Waals surface area (Å²) in [6, 6.07) is 12.9. The molecular formula is C24H29ClN4O3S. The van der Waals surface area contributed by atoms with Crippen molar-refractivity contribution in [1.29, 1.82) is 0 Å². The zero-order chi connectivity index (χ0) is 23.6. The van der Waals surface area contributed by atoms with E-state index < -0.39 is 0 Å². The van der Waals surface area contributed by atoms with Gasteiger partial charge in [0.25, 0.3) is 5.91 Å². The van der Waals surface area contributed by atoms with Crippen molar-refractivity contribution in [3.8, 4) is 11.5 Å². The molecule has 0 radical (unpaired) electrons. The van der Waals surface area contributed by atoms with E-state index in [1.165, 1.54) is 11.8 Å². The summed E-state index contributed by atoms with van der Waals surface area (Å²) in [7, 11) is 0. The smallest absolute Gasteiger partial charge is 0.258 e. The van der Waals surface area contributed by atoms with Gasteiger partial charge in [-0.3, -0.25) is 14.7 Å². The van der Waals surface area contributed by atoms with E-state index in [2.05, 4.69) is 22.4 Å². The molecule has 0 saturated heterocycles. The summed E-state index contributed by atoms with van der Waals surface area (Å²) in [4.78, 5) is 12.9. The lowest BCUT2D eigenvalue weighted by atomic mass is 10.2. The van der Waals surface area contributed by atoms with E-state index in [9.17, 15) is 4.79 Å². The fourth-order valence-corrected chi connectivity index (χ4v) is 4.36. The molecule has 0 aliphatic rings. The number of ether oxygens (including phenoxy) is 2. The number of benzene rings is 2. The first kappa shape index (κ1) is 24.9. The summed E-state index contributed by atoms with van der Waals surface area (Å²) in [5, 5.41) is 12.7. The van der Waals surface area contributed by atoms with E-state index in [0.29, 0.717) is 58.7 Å². The number of hydrogen-bond acceptors (Lipinski definition) is 6.